The minimum absolute atomic E-state index is 0.0504. The SMILES string of the molecule is CCc1cc([N+](=O)[O-])cc(S(N)(=O)=O)c1N(C)O. The van der Waals surface area contributed by atoms with E-state index in [2.05, 4.69) is 0 Å². The van der Waals surface area contributed by atoms with Crippen molar-refractivity contribution in [1.29, 1.82) is 0 Å². The molecule has 9 heteroatoms. The predicted molar refractivity (Wildman–Crippen MR) is 64.0 cm³/mol. The van der Waals surface area contributed by atoms with E-state index in [4.69, 9.17) is 5.14 Å². The highest BCUT2D eigenvalue weighted by Gasteiger charge is 2.24. The lowest BCUT2D eigenvalue weighted by atomic mass is 10.1. The largest absolute Gasteiger partial charge is 0.289 e. The van der Waals surface area contributed by atoms with Crippen LogP contribution >= 0.6 is 0 Å². The van der Waals surface area contributed by atoms with Crippen molar-refractivity contribution in [3.8, 4) is 0 Å². The molecule has 0 heterocycles. The maximum Gasteiger partial charge on any atom is 0.271 e. The van der Waals surface area contributed by atoms with Crippen LogP contribution in [-0.2, 0) is 16.4 Å². The first kappa shape index (κ1) is 14.4. The van der Waals surface area contributed by atoms with Crippen LogP contribution in [0, 0.1) is 10.1 Å². The summed E-state index contributed by atoms with van der Waals surface area (Å²) in [5, 5.41) is 25.8. The topological polar surface area (TPSA) is 127 Å². The highest BCUT2D eigenvalue weighted by Crippen LogP contribution is 2.32. The van der Waals surface area contributed by atoms with Crippen molar-refractivity contribution in [2.75, 3.05) is 12.1 Å². The molecule has 0 saturated carbocycles. The van der Waals surface area contributed by atoms with E-state index in [1.54, 1.807) is 6.92 Å². The summed E-state index contributed by atoms with van der Waals surface area (Å²) < 4.78 is 22.8. The summed E-state index contributed by atoms with van der Waals surface area (Å²) in [5.41, 5.74) is -0.120. The molecule has 0 radical (unpaired) electrons. The van der Waals surface area contributed by atoms with Crippen LogP contribution < -0.4 is 10.2 Å². The second-order valence-corrected chi connectivity index (χ2v) is 5.16. The fourth-order valence-corrected chi connectivity index (χ4v) is 2.43. The van der Waals surface area contributed by atoms with Crippen molar-refractivity contribution in [1.82, 2.24) is 0 Å². The number of nitro groups is 1. The van der Waals surface area contributed by atoms with Gasteiger partial charge >= 0.3 is 0 Å². The van der Waals surface area contributed by atoms with Crippen LogP contribution in [0.1, 0.15) is 12.5 Å². The molecule has 8 nitrogen and oxygen atoms in total. The average Bonchev–Trinajstić information content (AvgIpc) is 2.25. The van der Waals surface area contributed by atoms with E-state index in [1.165, 1.54) is 13.1 Å². The highest BCUT2D eigenvalue weighted by molar-refractivity contribution is 7.89. The Kier molecular flexibility index (Phi) is 3.89. The van der Waals surface area contributed by atoms with Crippen LogP contribution in [0.2, 0.25) is 0 Å². The van der Waals surface area contributed by atoms with Crippen LogP contribution in [0.3, 0.4) is 0 Å². The summed E-state index contributed by atoms with van der Waals surface area (Å²) in [7, 11) is -2.96. The second kappa shape index (κ2) is 4.88. The number of nitrogens with zero attached hydrogens (tertiary/aromatic N) is 2. The van der Waals surface area contributed by atoms with Crippen LogP contribution in [0.4, 0.5) is 11.4 Å². The first-order valence-electron chi connectivity index (χ1n) is 4.95. The normalized spacial score (nSPS) is 11.3. The number of hydrogen-bond donors (Lipinski definition) is 2. The Morgan fingerprint density at radius 3 is 2.39 bits per heavy atom. The molecule has 1 rings (SSSR count). The lowest BCUT2D eigenvalue weighted by Gasteiger charge is -2.18. The molecule has 0 unspecified atom stereocenters. The summed E-state index contributed by atoms with van der Waals surface area (Å²) in [6.45, 7) is 1.68. The van der Waals surface area contributed by atoms with Crippen molar-refractivity contribution in [2.45, 2.75) is 18.2 Å². The van der Waals surface area contributed by atoms with Gasteiger partial charge in [-0.3, -0.25) is 20.4 Å². The highest BCUT2D eigenvalue weighted by atomic mass is 32.2. The number of nitro benzene ring substituents is 1. The van der Waals surface area contributed by atoms with Crippen LogP contribution in [-0.4, -0.2) is 25.6 Å². The third kappa shape index (κ3) is 2.75. The van der Waals surface area contributed by atoms with Crippen molar-refractivity contribution >= 4 is 21.4 Å². The van der Waals surface area contributed by atoms with E-state index < -0.39 is 19.8 Å². The van der Waals surface area contributed by atoms with Gasteiger partial charge in [0.25, 0.3) is 5.69 Å². The Balaban J connectivity index is 3.74. The standard InChI is InChI=1S/C9H13N3O5S/c1-3-6-4-7(12(14)15)5-8(18(10,16)17)9(6)11(2)13/h4-5,13H,3H2,1-2H3,(H2,10,16,17). The molecule has 100 valence electrons. The summed E-state index contributed by atoms with van der Waals surface area (Å²) in [4.78, 5) is 9.54. The number of anilines is 1. The number of rotatable bonds is 4. The van der Waals surface area contributed by atoms with Gasteiger partial charge in [-0.15, -0.1) is 0 Å². The molecule has 0 amide bonds. The van der Waals surface area contributed by atoms with Crippen LogP contribution in [0.15, 0.2) is 17.0 Å². The molecule has 18 heavy (non-hydrogen) atoms. The smallest absolute Gasteiger partial charge is 0.271 e. The number of aryl methyl sites for hydroxylation is 1. The third-order valence-corrected chi connectivity index (χ3v) is 3.28. The van der Waals surface area contributed by atoms with Gasteiger partial charge in [-0.05, 0) is 12.0 Å². The number of non-ortho nitro benzene ring substituents is 1. The number of benzene rings is 1. The molecular formula is C9H13N3O5S. The predicted octanol–water partition coefficient (Wildman–Crippen LogP) is 0.630. The lowest BCUT2D eigenvalue weighted by Crippen LogP contribution is -2.21. The first-order chi connectivity index (χ1) is 8.18. The Morgan fingerprint density at radius 1 is 1.50 bits per heavy atom. The molecule has 0 aliphatic heterocycles. The molecule has 0 atom stereocenters. The quantitative estimate of drug-likeness (QED) is 0.613. The zero-order chi connectivity index (χ0) is 14.1. The third-order valence-electron chi connectivity index (χ3n) is 2.36. The zero-order valence-electron chi connectivity index (χ0n) is 9.82. The minimum atomic E-state index is -4.17. The van der Waals surface area contributed by atoms with E-state index in [0.717, 1.165) is 6.07 Å². The fraction of sp³-hybridized carbons (Fsp3) is 0.333. The van der Waals surface area contributed by atoms with Gasteiger partial charge < -0.3 is 0 Å². The van der Waals surface area contributed by atoms with Gasteiger partial charge in [-0.1, -0.05) is 6.92 Å². The molecule has 3 N–H and O–H groups in total. The Bertz CT molecular complexity index is 582. The van der Waals surface area contributed by atoms with Gasteiger partial charge in [0.2, 0.25) is 10.0 Å². The molecule has 0 bridgehead atoms. The summed E-state index contributed by atoms with van der Waals surface area (Å²) in [6, 6.07) is 2.03. The number of hydroxylamine groups is 1. The Labute approximate surface area is 104 Å². The van der Waals surface area contributed by atoms with E-state index in [9.17, 15) is 23.7 Å². The van der Waals surface area contributed by atoms with Gasteiger partial charge in [0.1, 0.15) is 4.90 Å². The number of primary sulfonamides is 1. The maximum atomic E-state index is 11.4. The molecule has 0 aromatic heterocycles. The summed E-state index contributed by atoms with van der Waals surface area (Å²) in [6.07, 6.45) is 0.310. The van der Waals surface area contributed by atoms with Gasteiger partial charge in [-0.2, -0.15) is 0 Å². The monoisotopic (exact) mass is 275 g/mol. The molecule has 0 fully saturated rings. The number of sulfonamides is 1. The first-order valence-corrected chi connectivity index (χ1v) is 6.49. The van der Waals surface area contributed by atoms with Gasteiger partial charge in [-0.25, -0.2) is 13.6 Å². The van der Waals surface area contributed by atoms with E-state index >= 15 is 0 Å². The van der Waals surface area contributed by atoms with Crippen molar-refractivity contribution in [2.24, 2.45) is 5.14 Å². The molecular weight excluding hydrogens is 262 g/mol. The van der Waals surface area contributed by atoms with Crippen molar-refractivity contribution in [3.63, 3.8) is 0 Å². The second-order valence-electron chi connectivity index (χ2n) is 3.63. The van der Waals surface area contributed by atoms with Crippen LogP contribution in [0.5, 0.6) is 0 Å². The average molecular weight is 275 g/mol. The van der Waals surface area contributed by atoms with Crippen molar-refractivity contribution in [3.05, 3.63) is 27.8 Å². The Morgan fingerprint density at radius 2 is 2.06 bits per heavy atom. The van der Waals surface area contributed by atoms with E-state index in [1.807, 2.05) is 0 Å². The Hall–Kier alpha value is -1.71. The van der Waals surface area contributed by atoms with E-state index in [0.29, 0.717) is 17.0 Å². The van der Waals surface area contributed by atoms with Crippen LogP contribution in [0.25, 0.3) is 0 Å². The molecule has 0 spiro atoms. The molecule has 0 aliphatic rings. The minimum Gasteiger partial charge on any atom is -0.289 e. The maximum absolute atomic E-state index is 11.4. The number of hydrogen-bond acceptors (Lipinski definition) is 6. The fourth-order valence-electron chi connectivity index (χ4n) is 1.61. The molecule has 1 aromatic rings. The summed E-state index contributed by atoms with van der Waals surface area (Å²) >= 11 is 0. The molecule has 0 saturated heterocycles. The van der Waals surface area contributed by atoms with Gasteiger partial charge in [0.15, 0.2) is 0 Å². The van der Waals surface area contributed by atoms with E-state index in [-0.39, 0.29) is 11.4 Å². The van der Waals surface area contributed by atoms with Gasteiger partial charge in [0.05, 0.1) is 10.6 Å². The molecule has 1 aromatic carbocycles. The van der Waals surface area contributed by atoms with Gasteiger partial charge in [0, 0.05) is 19.2 Å². The lowest BCUT2D eigenvalue weighted by molar-refractivity contribution is -0.385. The number of nitrogens with two attached hydrogens (primary N) is 1. The summed E-state index contributed by atoms with van der Waals surface area (Å²) in [5.74, 6) is 0. The molecule has 0 aliphatic carbocycles. The zero-order valence-corrected chi connectivity index (χ0v) is 10.6. The van der Waals surface area contributed by atoms with Crippen molar-refractivity contribution < 1.29 is 18.5 Å².